The summed E-state index contributed by atoms with van der Waals surface area (Å²) in [6, 6.07) is 7.29. The summed E-state index contributed by atoms with van der Waals surface area (Å²) in [7, 11) is 0. The molecule has 2 aromatic rings. The molecule has 3 rings (SSSR count). The monoisotopic (exact) mass is 247 g/mol. The van der Waals surface area contributed by atoms with Crippen molar-refractivity contribution in [3.63, 3.8) is 0 Å². The topological polar surface area (TPSA) is 75.0 Å². The number of hydrogen-bond acceptors (Lipinski definition) is 5. The number of carbonyl (C=O) groups excluding carboxylic acids is 2. The fourth-order valence-electron chi connectivity index (χ4n) is 1.90. The Bertz CT molecular complexity index is 635. The molecule has 5 nitrogen and oxygen atoms in total. The van der Waals surface area contributed by atoms with Crippen molar-refractivity contribution in [2.24, 2.45) is 0 Å². The van der Waals surface area contributed by atoms with Crippen molar-refractivity contribution in [1.82, 2.24) is 9.55 Å². The second-order valence-electron chi connectivity index (χ2n) is 3.74. The zero-order valence-corrected chi connectivity index (χ0v) is 9.44. The van der Waals surface area contributed by atoms with Crippen LogP contribution in [0.3, 0.4) is 0 Å². The Morgan fingerprint density at radius 3 is 3.00 bits per heavy atom. The minimum atomic E-state index is -1.22. The largest absolute Gasteiger partial charge is 0.550 e. The summed E-state index contributed by atoms with van der Waals surface area (Å²) >= 11 is 1.18. The van der Waals surface area contributed by atoms with Gasteiger partial charge < -0.3 is 9.90 Å². The lowest BCUT2D eigenvalue weighted by molar-refractivity contribution is -0.305. The second kappa shape index (κ2) is 3.59. The highest BCUT2D eigenvalue weighted by Gasteiger charge is 2.34. The van der Waals surface area contributed by atoms with Crippen molar-refractivity contribution in [3.8, 4) is 0 Å². The summed E-state index contributed by atoms with van der Waals surface area (Å²) in [4.78, 5) is 26.8. The second-order valence-corrected chi connectivity index (χ2v) is 4.91. The van der Waals surface area contributed by atoms with E-state index in [-0.39, 0.29) is 12.3 Å². The van der Waals surface area contributed by atoms with E-state index in [9.17, 15) is 14.7 Å². The number of carboxylic acids is 1. The van der Waals surface area contributed by atoms with Gasteiger partial charge in [-0.05, 0) is 12.1 Å². The van der Waals surface area contributed by atoms with Crippen LogP contribution in [0, 0.1) is 0 Å². The third-order valence-corrected chi connectivity index (χ3v) is 3.76. The SMILES string of the molecule is O=C([O-])C[C@H]1Sc2nc3ccccc3n2C1=O. The van der Waals surface area contributed by atoms with Crippen LogP contribution in [0.4, 0.5) is 0 Å². The molecule has 86 valence electrons. The Morgan fingerprint density at radius 2 is 2.24 bits per heavy atom. The Labute approximate surface area is 100 Å². The van der Waals surface area contributed by atoms with E-state index < -0.39 is 11.2 Å². The molecule has 1 aliphatic heterocycles. The average Bonchev–Trinajstić information content (AvgIpc) is 2.76. The normalized spacial score (nSPS) is 18.6. The van der Waals surface area contributed by atoms with Crippen molar-refractivity contribution in [3.05, 3.63) is 24.3 Å². The highest BCUT2D eigenvalue weighted by molar-refractivity contribution is 8.00. The van der Waals surface area contributed by atoms with Crippen LogP contribution in [0.25, 0.3) is 11.0 Å². The van der Waals surface area contributed by atoms with Gasteiger partial charge in [-0.1, -0.05) is 23.9 Å². The maximum atomic E-state index is 12.0. The lowest BCUT2D eigenvalue weighted by Crippen LogP contribution is -2.29. The summed E-state index contributed by atoms with van der Waals surface area (Å²) in [5.74, 6) is -1.45. The van der Waals surface area contributed by atoms with Crippen LogP contribution in [0.15, 0.2) is 29.4 Å². The number of nitrogens with zero attached hydrogens (tertiary/aromatic N) is 2. The molecule has 2 heterocycles. The molecule has 1 atom stereocenters. The van der Waals surface area contributed by atoms with Gasteiger partial charge in [0, 0.05) is 12.4 Å². The van der Waals surface area contributed by atoms with Gasteiger partial charge in [0.2, 0.25) is 5.91 Å². The number of aliphatic carboxylic acids is 1. The van der Waals surface area contributed by atoms with Crippen LogP contribution < -0.4 is 5.11 Å². The molecule has 0 unspecified atom stereocenters. The van der Waals surface area contributed by atoms with Gasteiger partial charge >= 0.3 is 0 Å². The predicted molar refractivity (Wildman–Crippen MR) is 59.6 cm³/mol. The van der Waals surface area contributed by atoms with Gasteiger partial charge in [0.15, 0.2) is 5.16 Å². The number of rotatable bonds is 2. The highest BCUT2D eigenvalue weighted by Crippen LogP contribution is 2.36. The Morgan fingerprint density at radius 1 is 1.47 bits per heavy atom. The van der Waals surface area contributed by atoms with Gasteiger partial charge in [-0.15, -0.1) is 0 Å². The summed E-state index contributed by atoms with van der Waals surface area (Å²) in [6.45, 7) is 0. The predicted octanol–water partition coefficient (Wildman–Crippen LogP) is 0.291. The van der Waals surface area contributed by atoms with Gasteiger partial charge in [-0.3, -0.25) is 9.36 Å². The van der Waals surface area contributed by atoms with Crippen molar-refractivity contribution in [1.29, 1.82) is 0 Å². The molecule has 0 radical (unpaired) electrons. The first-order chi connectivity index (χ1) is 8.16. The van der Waals surface area contributed by atoms with E-state index in [4.69, 9.17) is 0 Å². The van der Waals surface area contributed by atoms with Crippen molar-refractivity contribution >= 4 is 34.7 Å². The van der Waals surface area contributed by atoms with Gasteiger partial charge in [-0.2, -0.15) is 0 Å². The van der Waals surface area contributed by atoms with Gasteiger partial charge in [0.05, 0.1) is 16.3 Å². The number of carboxylic acid groups (broad SMARTS) is 1. The standard InChI is InChI=1S/C11H8N2O3S/c14-9(15)5-8-10(16)13-7-4-2-1-3-6(7)12-11(13)17-8/h1-4,8H,5H2,(H,14,15)/p-1/t8-/m1/s1. The number of benzene rings is 1. The number of para-hydroxylation sites is 2. The van der Waals surface area contributed by atoms with Crippen LogP contribution in [0.1, 0.15) is 11.2 Å². The van der Waals surface area contributed by atoms with Crippen LogP contribution in [-0.4, -0.2) is 26.7 Å². The zero-order chi connectivity index (χ0) is 12.0. The van der Waals surface area contributed by atoms with E-state index in [0.29, 0.717) is 5.16 Å². The summed E-state index contributed by atoms with van der Waals surface area (Å²) in [5.41, 5.74) is 1.47. The molecular weight excluding hydrogens is 240 g/mol. The molecule has 1 aliphatic rings. The highest BCUT2D eigenvalue weighted by atomic mass is 32.2. The van der Waals surface area contributed by atoms with Gasteiger partial charge in [-0.25, -0.2) is 4.98 Å². The molecule has 0 bridgehead atoms. The van der Waals surface area contributed by atoms with Crippen molar-refractivity contribution in [2.45, 2.75) is 16.8 Å². The smallest absolute Gasteiger partial charge is 0.247 e. The number of fused-ring (bicyclic) bond motifs is 3. The number of hydrogen-bond donors (Lipinski definition) is 0. The van der Waals surface area contributed by atoms with E-state index in [1.54, 1.807) is 6.07 Å². The molecular formula is C11H7N2O3S-. The molecule has 1 aromatic carbocycles. The van der Waals surface area contributed by atoms with E-state index >= 15 is 0 Å². The van der Waals surface area contributed by atoms with E-state index in [0.717, 1.165) is 11.0 Å². The molecule has 0 N–H and O–H groups in total. The fourth-order valence-corrected chi connectivity index (χ4v) is 3.02. The molecule has 0 aliphatic carbocycles. The number of imidazole rings is 1. The van der Waals surface area contributed by atoms with E-state index in [1.165, 1.54) is 16.3 Å². The first-order valence-electron chi connectivity index (χ1n) is 5.05. The van der Waals surface area contributed by atoms with Crippen LogP contribution >= 0.6 is 11.8 Å². The molecule has 6 heteroatoms. The van der Waals surface area contributed by atoms with E-state index in [2.05, 4.69) is 4.98 Å². The zero-order valence-electron chi connectivity index (χ0n) is 8.62. The molecule has 1 aromatic heterocycles. The summed E-state index contributed by atoms with van der Waals surface area (Å²) < 4.78 is 1.48. The molecule has 0 saturated heterocycles. The molecule has 0 saturated carbocycles. The third-order valence-electron chi connectivity index (χ3n) is 2.63. The quantitative estimate of drug-likeness (QED) is 0.762. The molecule has 0 spiro atoms. The maximum absolute atomic E-state index is 12.0. The molecule has 0 amide bonds. The van der Waals surface area contributed by atoms with Gasteiger partial charge in [0.25, 0.3) is 0 Å². The van der Waals surface area contributed by atoms with Crippen molar-refractivity contribution < 1.29 is 14.7 Å². The number of aromatic nitrogens is 2. The lowest BCUT2D eigenvalue weighted by atomic mass is 10.2. The average molecular weight is 247 g/mol. The first kappa shape index (κ1) is 10.3. The molecule has 17 heavy (non-hydrogen) atoms. The maximum Gasteiger partial charge on any atom is 0.247 e. The van der Waals surface area contributed by atoms with Gasteiger partial charge in [0.1, 0.15) is 0 Å². The van der Waals surface area contributed by atoms with Crippen LogP contribution in [-0.2, 0) is 4.79 Å². The Kier molecular flexibility index (Phi) is 2.19. The summed E-state index contributed by atoms with van der Waals surface area (Å²) in [6.07, 6.45) is -0.277. The number of carbonyl (C=O) groups is 2. The Hall–Kier alpha value is -1.82. The van der Waals surface area contributed by atoms with Crippen LogP contribution in [0.2, 0.25) is 0 Å². The van der Waals surface area contributed by atoms with Crippen LogP contribution in [0.5, 0.6) is 0 Å². The first-order valence-corrected chi connectivity index (χ1v) is 5.93. The summed E-state index contributed by atoms with van der Waals surface area (Å²) in [5, 5.41) is 10.5. The minimum absolute atomic E-state index is 0.233. The Balaban J connectivity index is 2.07. The fraction of sp³-hybridized carbons (Fsp3) is 0.182. The number of thioether (sulfide) groups is 1. The van der Waals surface area contributed by atoms with Crippen molar-refractivity contribution in [2.75, 3.05) is 0 Å². The van der Waals surface area contributed by atoms with E-state index in [1.807, 2.05) is 18.2 Å². The third kappa shape index (κ3) is 1.52. The lowest BCUT2D eigenvalue weighted by Gasteiger charge is -2.07. The minimum Gasteiger partial charge on any atom is -0.550 e. The molecule has 0 fully saturated rings.